The van der Waals surface area contributed by atoms with Gasteiger partial charge in [0.2, 0.25) is 5.91 Å². The number of amides is 1. The van der Waals surface area contributed by atoms with E-state index in [0.29, 0.717) is 22.1 Å². The van der Waals surface area contributed by atoms with Crippen LogP contribution in [0.25, 0.3) is 6.08 Å². The molecular formula is C25H32Cl2N2O2. The van der Waals surface area contributed by atoms with Gasteiger partial charge in [-0.15, -0.1) is 0 Å². The van der Waals surface area contributed by atoms with Gasteiger partial charge in [-0.1, -0.05) is 29.3 Å². The zero-order valence-corrected chi connectivity index (χ0v) is 20.4. The number of aryl methyl sites for hydroxylation is 1. The van der Waals surface area contributed by atoms with Crippen molar-refractivity contribution in [1.29, 1.82) is 0 Å². The van der Waals surface area contributed by atoms with Crippen LogP contribution < -0.4 is 10.1 Å². The Hall–Kier alpha value is -2.01. The maximum Gasteiger partial charge on any atom is 0.248 e. The Balaban J connectivity index is 2.02. The Kier molecular flexibility index (Phi) is 9.89. The lowest BCUT2D eigenvalue weighted by Gasteiger charge is -2.30. The molecule has 168 valence electrons. The van der Waals surface area contributed by atoms with Crippen molar-refractivity contribution in [2.45, 2.75) is 52.6 Å². The van der Waals surface area contributed by atoms with E-state index < -0.39 is 0 Å². The van der Waals surface area contributed by atoms with Crippen LogP contribution in [-0.4, -0.2) is 36.5 Å². The summed E-state index contributed by atoms with van der Waals surface area (Å²) < 4.78 is 5.52. The highest BCUT2D eigenvalue weighted by Gasteiger charge is 2.13. The number of benzene rings is 2. The molecular weight excluding hydrogens is 431 g/mol. The number of nitrogens with one attached hydrogen (secondary N) is 1. The van der Waals surface area contributed by atoms with Gasteiger partial charge in [-0.3, -0.25) is 9.69 Å². The molecule has 0 heterocycles. The van der Waals surface area contributed by atoms with Crippen molar-refractivity contribution >= 4 is 40.9 Å². The summed E-state index contributed by atoms with van der Waals surface area (Å²) in [6.45, 7) is 9.91. The van der Waals surface area contributed by atoms with Crippen molar-refractivity contribution in [3.8, 4) is 5.75 Å². The van der Waals surface area contributed by atoms with Gasteiger partial charge in [-0.2, -0.15) is 0 Å². The maximum atomic E-state index is 12.4. The van der Waals surface area contributed by atoms with E-state index in [4.69, 9.17) is 27.9 Å². The molecule has 1 N–H and O–H groups in total. The van der Waals surface area contributed by atoms with Crippen LogP contribution in [-0.2, 0) is 11.2 Å². The molecule has 2 aromatic rings. The largest absolute Gasteiger partial charge is 0.496 e. The van der Waals surface area contributed by atoms with Crippen LogP contribution in [0, 0.1) is 0 Å². The van der Waals surface area contributed by atoms with Crippen LogP contribution in [0.5, 0.6) is 5.75 Å². The summed E-state index contributed by atoms with van der Waals surface area (Å²) in [6, 6.07) is 12.0. The average Bonchev–Trinajstić information content (AvgIpc) is 2.71. The van der Waals surface area contributed by atoms with Gasteiger partial charge in [0.05, 0.1) is 17.2 Å². The van der Waals surface area contributed by atoms with E-state index >= 15 is 0 Å². The summed E-state index contributed by atoms with van der Waals surface area (Å²) in [4.78, 5) is 14.8. The average molecular weight is 463 g/mol. The number of methoxy groups -OCH3 is 1. The first-order valence-corrected chi connectivity index (χ1v) is 11.3. The SMILES string of the molecule is COc1ccc(NC(=O)/C=C/c2ccc(Cl)c(Cl)c2)cc1CCCN(C(C)C)C(C)C. The van der Waals surface area contributed by atoms with Gasteiger partial charge in [0.15, 0.2) is 0 Å². The Bertz CT molecular complexity index is 902. The summed E-state index contributed by atoms with van der Waals surface area (Å²) in [5, 5.41) is 3.86. The number of ether oxygens (including phenoxy) is 1. The van der Waals surface area contributed by atoms with Crippen LogP contribution in [0.4, 0.5) is 5.69 Å². The van der Waals surface area contributed by atoms with E-state index in [-0.39, 0.29) is 5.91 Å². The Labute approximate surface area is 196 Å². The minimum atomic E-state index is -0.215. The van der Waals surface area contributed by atoms with E-state index in [2.05, 4.69) is 37.9 Å². The highest BCUT2D eigenvalue weighted by molar-refractivity contribution is 6.42. The third-order valence-corrected chi connectivity index (χ3v) is 5.85. The number of carbonyl (C=O) groups excluding carboxylic acids is 1. The van der Waals surface area contributed by atoms with Gasteiger partial charge in [-0.25, -0.2) is 0 Å². The molecule has 0 aliphatic heterocycles. The van der Waals surface area contributed by atoms with E-state index in [9.17, 15) is 4.79 Å². The molecule has 0 unspecified atom stereocenters. The van der Waals surface area contributed by atoms with Crippen LogP contribution in [0.3, 0.4) is 0 Å². The van der Waals surface area contributed by atoms with Crippen molar-refractivity contribution in [2.24, 2.45) is 0 Å². The van der Waals surface area contributed by atoms with E-state index in [0.717, 1.165) is 42.0 Å². The molecule has 0 saturated heterocycles. The van der Waals surface area contributed by atoms with Crippen molar-refractivity contribution in [1.82, 2.24) is 4.90 Å². The summed E-state index contributed by atoms with van der Waals surface area (Å²) in [5.41, 5.74) is 2.63. The fraction of sp³-hybridized carbons (Fsp3) is 0.400. The lowest BCUT2D eigenvalue weighted by atomic mass is 10.1. The van der Waals surface area contributed by atoms with Crippen LogP contribution in [0.2, 0.25) is 10.0 Å². The highest BCUT2D eigenvalue weighted by atomic mass is 35.5. The Morgan fingerprint density at radius 1 is 1.06 bits per heavy atom. The van der Waals surface area contributed by atoms with E-state index in [1.54, 1.807) is 31.4 Å². The summed E-state index contributed by atoms with van der Waals surface area (Å²) in [6.07, 6.45) is 5.07. The molecule has 31 heavy (non-hydrogen) atoms. The molecule has 0 aromatic heterocycles. The molecule has 1 amide bonds. The second-order valence-corrected chi connectivity index (χ2v) is 8.87. The number of anilines is 1. The fourth-order valence-corrected chi connectivity index (χ4v) is 3.89. The van der Waals surface area contributed by atoms with Crippen molar-refractivity contribution in [3.63, 3.8) is 0 Å². The Morgan fingerprint density at radius 3 is 2.39 bits per heavy atom. The minimum Gasteiger partial charge on any atom is -0.496 e. The predicted octanol–water partition coefficient (Wildman–Crippen LogP) is 6.71. The van der Waals surface area contributed by atoms with E-state index in [1.165, 1.54) is 6.08 Å². The molecule has 0 spiro atoms. The summed E-state index contributed by atoms with van der Waals surface area (Å²) in [7, 11) is 1.67. The standard InChI is InChI=1S/C25H32Cl2N2O2/c1-17(2)29(18(3)4)14-6-7-20-16-21(10-12-24(20)31-5)28-25(30)13-9-19-8-11-22(26)23(27)15-19/h8-13,15-18H,6-7,14H2,1-5H3,(H,28,30)/b13-9+. The van der Waals surface area contributed by atoms with E-state index in [1.807, 2.05) is 18.2 Å². The third kappa shape index (κ3) is 7.88. The second kappa shape index (κ2) is 12.1. The van der Waals surface area contributed by atoms with Gasteiger partial charge in [0, 0.05) is 23.8 Å². The molecule has 0 radical (unpaired) electrons. The smallest absolute Gasteiger partial charge is 0.248 e. The Morgan fingerprint density at radius 2 is 1.77 bits per heavy atom. The molecule has 0 aliphatic carbocycles. The maximum absolute atomic E-state index is 12.4. The first kappa shape index (κ1) is 25.3. The quantitative estimate of drug-likeness (QED) is 0.399. The molecule has 6 heteroatoms. The monoisotopic (exact) mass is 462 g/mol. The van der Waals surface area contributed by atoms with Crippen molar-refractivity contribution in [2.75, 3.05) is 19.0 Å². The molecule has 2 rings (SSSR count). The topological polar surface area (TPSA) is 41.6 Å². The zero-order valence-electron chi connectivity index (χ0n) is 18.9. The molecule has 0 saturated carbocycles. The number of halogens is 2. The van der Waals surface area contributed by atoms with Gasteiger partial charge in [-0.05, 0) is 94.6 Å². The van der Waals surface area contributed by atoms with Crippen molar-refractivity contribution < 1.29 is 9.53 Å². The molecule has 2 aromatic carbocycles. The van der Waals surface area contributed by atoms with Crippen molar-refractivity contribution in [3.05, 3.63) is 63.6 Å². The lowest BCUT2D eigenvalue weighted by Crippen LogP contribution is -2.37. The number of nitrogens with zero attached hydrogens (tertiary/aromatic N) is 1. The summed E-state index contributed by atoms with van der Waals surface area (Å²) in [5.74, 6) is 0.623. The van der Waals surface area contributed by atoms with Gasteiger partial charge in [0.25, 0.3) is 0 Å². The lowest BCUT2D eigenvalue weighted by molar-refractivity contribution is -0.111. The number of rotatable bonds is 10. The fourth-order valence-electron chi connectivity index (χ4n) is 3.59. The second-order valence-electron chi connectivity index (χ2n) is 8.05. The van der Waals surface area contributed by atoms with Crippen LogP contribution >= 0.6 is 23.2 Å². The van der Waals surface area contributed by atoms with Gasteiger partial charge < -0.3 is 10.1 Å². The highest BCUT2D eigenvalue weighted by Crippen LogP contribution is 2.25. The molecule has 4 nitrogen and oxygen atoms in total. The normalized spacial score (nSPS) is 11.7. The minimum absolute atomic E-state index is 0.215. The number of hydrogen-bond donors (Lipinski definition) is 1. The van der Waals surface area contributed by atoms with Crippen LogP contribution in [0.1, 0.15) is 45.2 Å². The van der Waals surface area contributed by atoms with Gasteiger partial charge >= 0.3 is 0 Å². The summed E-state index contributed by atoms with van der Waals surface area (Å²) >= 11 is 11.9. The third-order valence-electron chi connectivity index (χ3n) is 5.11. The predicted molar refractivity (Wildman–Crippen MR) is 132 cm³/mol. The first-order chi connectivity index (χ1) is 14.7. The molecule has 0 fully saturated rings. The molecule has 0 bridgehead atoms. The molecule has 0 aliphatic rings. The van der Waals surface area contributed by atoms with Gasteiger partial charge in [0.1, 0.15) is 5.75 Å². The first-order valence-electron chi connectivity index (χ1n) is 10.6. The number of carbonyl (C=O) groups is 1. The van der Waals surface area contributed by atoms with Crippen LogP contribution in [0.15, 0.2) is 42.5 Å². The molecule has 0 atom stereocenters. The zero-order chi connectivity index (χ0) is 23.0. The number of hydrogen-bond acceptors (Lipinski definition) is 3.